The van der Waals surface area contributed by atoms with E-state index in [4.69, 9.17) is 24.5 Å². The van der Waals surface area contributed by atoms with Crippen LogP contribution in [-0.2, 0) is 16.0 Å². The lowest BCUT2D eigenvalue weighted by atomic mass is 10.1. The maximum Gasteiger partial charge on any atom is 0.414 e. The van der Waals surface area contributed by atoms with Crippen LogP contribution in [0.5, 0.6) is 5.88 Å². The van der Waals surface area contributed by atoms with Gasteiger partial charge >= 0.3 is 11.9 Å². The van der Waals surface area contributed by atoms with Crippen molar-refractivity contribution in [1.29, 1.82) is 0 Å². The minimum atomic E-state index is -1.82. The quantitative estimate of drug-likeness (QED) is 0.738. The number of aromatic nitrogens is 2. The molecule has 1 aliphatic rings. The van der Waals surface area contributed by atoms with Gasteiger partial charge in [0.2, 0.25) is 0 Å². The van der Waals surface area contributed by atoms with E-state index in [-0.39, 0.29) is 0 Å². The van der Waals surface area contributed by atoms with Crippen LogP contribution in [0.25, 0.3) is 5.57 Å². The number of rotatable bonds is 5. The molecule has 0 amide bonds. The van der Waals surface area contributed by atoms with E-state index in [2.05, 4.69) is 43.6 Å². The zero-order chi connectivity index (χ0) is 18.9. The van der Waals surface area contributed by atoms with E-state index >= 15 is 0 Å². The SMILES string of the molecule is CN1CCC=C(c2nsnc2OCCc2ccsc2)C1.O=C(O)C(=O)O. The van der Waals surface area contributed by atoms with E-state index < -0.39 is 11.9 Å². The predicted octanol–water partition coefficient (Wildman–Crippen LogP) is 2.10. The molecule has 0 aliphatic carbocycles. The zero-order valence-corrected chi connectivity index (χ0v) is 15.8. The van der Waals surface area contributed by atoms with Crippen molar-refractivity contribution in [2.45, 2.75) is 12.8 Å². The Balaban J connectivity index is 0.000000352. The first-order valence-corrected chi connectivity index (χ1v) is 9.45. The molecule has 0 fully saturated rings. The third-order valence-electron chi connectivity index (χ3n) is 3.50. The molecule has 1 aliphatic heterocycles. The minimum absolute atomic E-state index is 0.651. The Hall–Kier alpha value is -2.30. The maximum atomic E-state index is 9.10. The number of nitrogens with zero attached hydrogens (tertiary/aromatic N) is 3. The van der Waals surface area contributed by atoms with Gasteiger partial charge in [-0.2, -0.15) is 15.7 Å². The van der Waals surface area contributed by atoms with Crippen molar-refractivity contribution in [3.8, 4) is 5.88 Å². The monoisotopic (exact) mass is 397 g/mol. The van der Waals surface area contributed by atoms with E-state index in [0.29, 0.717) is 12.5 Å². The van der Waals surface area contributed by atoms with Gasteiger partial charge < -0.3 is 19.8 Å². The van der Waals surface area contributed by atoms with Gasteiger partial charge in [0.1, 0.15) is 5.69 Å². The average molecular weight is 397 g/mol. The van der Waals surface area contributed by atoms with Gasteiger partial charge in [-0.15, -0.1) is 4.37 Å². The number of ether oxygens (including phenoxy) is 1. The molecular weight excluding hydrogens is 378 g/mol. The molecule has 3 rings (SSSR count). The summed E-state index contributed by atoms with van der Waals surface area (Å²) in [6, 6.07) is 2.13. The van der Waals surface area contributed by atoms with Crippen LogP contribution in [0.1, 0.15) is 17.7 Å². The Morgan fingerprint density at radius 2 is 2.08 bits per heavy atom. The summed E-state index contributed by atoms with van der Waals surface area (Å²) >= 11 is 2.94. The topological polar surface area (TPSA) is 113 Å². The number of aliphatic carboxylic acids is 2. The highest BCUT2D eigenvalue weighted by Gasteiger charge is 2.18. The number of carboxylic acid groups (broad SMARTS) is 2. The van der Waals surface area contributed by atoms with Gasteiger partial charge in [0.05, 0.1) is 18.3 Å². The Morgan fingerprint density at radius 1 is 1.31 bits per heavy atom. The number of carboxylic acids is 2. The number of hydrogen-bond donors (Lipinski definition) is 2. The van der Waals surface area contributed by atoms with Gasteiger partial charge in [-0.05, 0) is 41.4 Å². The summed E-state index contributed by atoms with van der Waals surface area (Å²) < 4.78 is 14.5. The Kier molecular flexibility index (Phi) is 7.70. The average Bonchev–Trinajstić information content (AvgIpc) is 3.27. The van der Waals surface area contributed by atoms with E-state index in [1.165, 1.54) is 22.9 Å². The van der Waals surface area contributed by atoms with Crippen LogP contribution in [0.4, 0.5) is 0 Å². The molecule has 0 spiro atoms. The fourth-order valence-corrected chi connectivity index (χ4v) is 3.47. The molecule has 0 bridgehead atoms. The standard InChI is InChI=1S/C14H17N3OS2.C2H2O4/c1-17-6-2-3-12(9-17)13-14(16-20-15-13)18-7-4-11-5-8-19-10-11;3-1(4)2(5)6/h3,5,8,10H,2,4,6-7,9H2,1H3;(H,3,4)(H,5,6). The fourth-order valence-electron chi connectivity index (χ4n) is 2.24. The number of likely N-dealkylation sites (N-methyl/N-ethyl adjacent to an activating group) is 1. The van der Waals surface area contributed by atoms with Gasteiger partial charge in [-0.25, -0.2) is 9.59 Å². The molecule has 0 saturated carbocycles. The van der Waals surface area contributed by atoms with Gasteiger partial charge in [0.25, 0.3) is 5.88 Å². The van der Waals surface area contributed by atoms with Gasteiger partial charge in [-0.3, -0.25) is 0 Å². The smallest absolute Gasteiger partial charge is 0.414 e. The molecule has 140 valence electrons. The van der Waals surface area contributed by atoms with Crippen LogP contribution in [0.15, 0.2) is 22.9 Å². The third-order valence-corrected chi connectivity index (χ3v) is 4.74. The number of carbonyl (C=O) groups is 2. The second kappa shape index (κ2) is 10.00. The highest BCUT2D eigenvalue weighted by Crippen LogP contribution is 2.27. The van der Waals surface area contributed by atoms with Crippen molar-refractivity contribution in [2.75, 3.05) is 26.7 Å². The van der Waals surface area contributed by atoms with Crippen molar-refractivity contribution in [3.63, 3.8) is 0 Å². The first kappa shape index (κ1) is 20.0. The van der Waals surface area contributed by atoms with Crippen LogP contribution in [0.2, 0.25) is 0 Å². The fraction of sp³-hybridized carbons (Fsp3) is 0.375. The molecule has 26 heavy (non-hydrogen) atoms. The van der Waals surface area contributed by atoms with Crippen LogP contribution in [0.3, 0.4) is 0 Å². The Morgan fingerprint density at radius 3 is 2.69 bits per heavy atom. The largest absolute Gasteiger partial charge is 0.475 e. The third kappa shape index (κ3) is 6.21. The Labute approximate surface area is 158 Å². The molecule has 0 unspecified atom stereocenters. The molecule has 10 heteroatoms. The van der Waals surface area contributed by atoms with E-state index in [0.717, 1.165) is 31.6 Å². The lowest BCUT2D eigenvalue weighted by Gasteiger charge is -2.22. The van der Waals surface area contributed by atoms with E-state index in [1.54, 1.807) is 11.3 Å². The lowest BCUT2D eigenvalue weighted by Crippen LogP contribution is -2.25. The molecule has 0 atom stereocenters. The number of hydrogen-bond acceptors (Lipinski definition) is 8. The molecule has 2 aromatic rings. The highest BCUT2D eigenvalue weighted by atomic mass is 32.1. The summed E-state index contributed by atoms with van der Waals surface area (Å²) in [5.41, 5.74) is 3.47. The summed E-state index contributed by atoms with van der Waals surface area (Å²) in [7, 11) is 2.13. The molecule has 0 aromatic carbocycles. The van der Waals surface area contributed by atoms with Crippen molar-refractivity contribution in [1.82, 2.24) is 13.6 Å². The van der Waals surface area contributed by atoms with Gasteiger partial charge in [0, 0.05) is 19.5 Å². The van der Waals surface area contributed by atoms with Crippen molar-refractivity contribution >= 4 is 40.6 Å². The summed E-state index contributed by atoms with van der Waals surface area (Å²) in [6.45, 7) is 2.68. The van der Waals surface area contributed by atoms with E-state index in [1.807, 2.05) is 0 Å². The summed E-state index contributed by atoms with van der Waals surface area (Å²) in [4.78, 5) is 20.5. The maximum absolute atomic E-state index is 9.10. The first-order chi connectivity index (χ1) is 12.5. The summed E-state index contributed by atoms with van der Waals surface area (Å²) in [5.74, 6) is -2.96. The second-order valence-corrected chi connectivity index (χ2v) is 6.82. The molecule has 0 saturated heterocycles. The molecule has 8 nitrogen and oxygen atoms in total. The van der Waals surface area contributed by atoms with Gasteiger partial charge in [0.15, 0.2) is 0 Å². The van der Waals surface area contributed by atoms with Gasteiger partial charge in [-0.1, -0.05) is 6.08 Å². The number of thiophene rings is 1. The summed E-state index contributed by atoms with van der Waals surface area (Å²) in [5, 5.41) is 19.0. The molecular formula is C16H19N3O5S2. The van der Waals surface area contributed by atoms with Crippen molar-refractivity contribution in [2.24, 2.45) is 0 Å². The van der Waals surface area contributed by atoms with E-state index in [9.17, 15) is 0 Å². The molecule has 2 aromatic heterocycles. The molecule has 3 heterocycles. The first-order valence-electron chi connectivity index (χ1n) is 7.78. The van der Waals surface area contributed by atoms with Crippen LogP contribution in [-0.4, -0.2) is 62.5 Å². The molecule has 0 radical (unpaired) electrons. The van der Waals surface area contributed by atoms with Crippen LogP contribution < -0.4 is 4.74 Å². The van der Waals surface area contributed by atoms with Crippen molar-refractivity contribution < 1.29 is 24.5 Å². The zero-order valence-electron chi connectivity index (χ0n) is 14.1. The van der Waals surface area contributed by atoms with Crippen LogP contribution in [0, 0.1) is 0 Å². The predicted molar refractivity (Wildman–Crippen MR) is 98.8 cm³/mol. The normalized spacial score (nSPS) is 14.1. The second-order valence-electron chi connectivity index (χ2n) is 5.51. The minimum Gasteiger partial charge on any atom is -0.475 e. The highest BCUT2D eigenvalue weighted by molar-refractivity contribution is 7.07. The Bertz CT molecular complexity index is 746. The van der Waals surface area contributed by atoms with Crippen LogP contribution >= 0.6 is 23.1 Å². The lowest BCUT2D eigenvalue weighted by molar-refractivity contribution is -0.159. The molecule has 2 N–H and O–H groups in total. The van der Waals surface area contributed by atoms with Crippen molar-refractivity contribution in [3.05, 3.63) is 34.2 Å². The summed E-state index contributed by atoms with van der Waals surface area (Å²) in [6.07, 6.45) is 4.24.